The summed E-state index contributed by atoms with van der Waals surface area (Å²) in [7, 11) is 0. The second kappa shape index (κ2) is 6.79. The van der Waals surface area contributed by atoms with Crippen LogP contribution in [0.3, 0.4) is 0 Å². The number of carbonyl (C=O) groups is 1. The van der Waals surface area contributed by atoms with Crippen LogP contribution in [0.2, 0.25) is 5.02 Å². The molecule has 3 aromatic rings. The summed E-state index contributed by atoms with van der Waals surface area (Å²) < 4.78 is 2.73. The van der Waals surface area contributed by atoms with Crippen molar-refractivity contribution in [3.05, 3.63) is 51.5 Å². The highest BCUT2D eigenvalue weighted by Gasteiger charge is 2.13. The van der Waals surface area contributed by atoms with Crippen molar-refractivity contribution < 1.29 is 4.79 Å². The van der Waals surface area contributed by atoms with E-state index in [1.165, 1.54) is 15.6 Å². The molecule has 3 rings (SSSR count). The lowest BCUT2D eigenvalue weighted by molar-refractivity contribution is -0.121. The van der Waals surface area contributed by atoms with Crippen LogP contribution in [-0.4, -0.2) is 30.5 Å². The normalized spacial score (nSPS) is 10.9. The molecule has 0 aliphatic heterocycles. The number of aryl methyl sites for hydroxylation is 1. The van der Waals surface area contributed by atoms with Gasteiger partial charge in [-0.2, -0.15) is 0 Å². The predicted molar refractivity (Wildman–Crippen MR) is 88.6 cm³/mol. The van der Waals surface area contributed by atoms with Crippen LogP contribution in [0, 0.1) is 0 Å². The zero-order valence-electron chi connectivity index (χ0n) is 12.9. The van der Waals surface area contributed by atoms with Crippen LogP contribution in [0.15, 0.2) is 35.4 Å². The maximum absolute atomic E-state index is 12.3. The van der Waals surface area contributed by atoms with E-state index in [9.17, 15) is 9.59 Å². The third-order valence-electron chi connectivity index (χ3n) is 3.54. The molecule has 0 aliphatic carbocycles. The number of benzene rings is 1. The highest BCUT2D eigenvalue weighted by Crippen LogP contribution is 2.14. The molecule has 1 aromatic carbocycles. The third-order valence-corrected chi connectivity index (χ3v) is 3.91. The van der Waals surface area contributed by atoms with Crippen LogP contribution >= 0.6 is 11.6 Å². The van der Waals surface area contributed by atoms with Crippen molar-refractivity contribution in [1.29, 1.82) is 0 Å². The van der Waals surface area contributed by atoms with Crippen LogP contribution in [0.5, 0.6) is 0 Å². The Morgan fingerprint density at radius 1 is 1.33 bits per heavy atom. The van der Waals surface area contributed by atoms with Gasteiger partial charge in [0.05, 0.1) is 0 Å². The first-order valence-electron chi connectivity index (χ1n) is 7.39. The number of amides is 1. The van der Waals surface area contributed by atoms with Gasteiger partial charge >= 0.3 is 0 Å². The first-order chi connectivity index (χ1) is 11.6. The number of rotatable bonds is 5. The molecular weight excluding hydrogens is 332 g/mol. The van der Waals surface area contributed by atoms with Crippen molar-refractivity contribution in [2.75, 3.05) is 0 Å². The maximum atomic E-state index is 12.3. The van der Waals surface area contributed by atoms with Crippen molar-refractivity contribution in [3.8, 4) is 0 Å². The molecule has 1 amide bonds. The molecule has 0 saturated heterocycles. The quantitative estimate of drug-likeness (QED) is 0.743. The van der Waals surface area contributed by atoms with E-state index in [1.807, 2.05) is 25.1 Å². The molecule has 124 valence electrons. The van der Waals surface area contributed by atoms with Crippen LogP contribution in [-0.2, 0) is 24.4 Å². The first-order valence-corrected chi connectivity index (χ1v) is 7.76. The van der Waals surface area contributed by atoms with E-state index >= 15 is 0 Å². The highest BCUT2D eigenvalue weighted by molar-refractivity contribution is 6.31. The Hall–Kier alpha value is -2.74. The van der Waals surface area contributed by atoms with Crippen molar-refractivity contribution in [2.24, 2.45) is 0 Å². The Kier molecular flexibility index (Phi) is 4.57. The van der Waals surface area contributed by atoms with E-state index in [0.29, 0.717) is 17.2 Å². The van der Waals surface area contributed by atoms with E-state index in [2.05, 4.69) is 20.6 Å². The summed E-state index contributed by atoms with van der Waals surface area (Å²) in [6.45, 7) is 2.58. The summed E-state index contributed by atoms with van der Waals surface area (Å²) in [5.41, 5.74) is 0.973. The fraction of sp³-hybridized carbons (Fsp3) is 0.267. The van der Waals surface area contributed by atoms with E-state index in [4.69, 9.17) is 11.6 Å². The van der Waals surface area contributed by atoms with Gasteiger partial charge in [-0.15, -0.1) is 5.10 Å². The average molecular weight is 347 g/mol. The highest BCUT2D eigenvalue weighted by atomic mass is 35.5. The van der Waals surface area contributed by atoms with Crippen molar-refractivity contribution in [3.63, 3.8) is 0 Å². The molecule has 0 saturated carbocycles. The largest absolute Gasteiger partial charge is 0.350 e. The van der Waals surface area contributed by atoms with Crippen molar-refractivity contribution in [1.82, 2.24) is 29.9 Å². The third kappa shape index (κ3) is 3.13. The molecule has 2 heterocycles. The molecule has 2 aromatic heterocycles. The fourth-order valence-corrected chi connectivity index (χ4v) is 2.46. The lowest BCUT2D eigenvalue weighted by Gasteiger charge is -2.08. The number of carbonyl (C=O) groups excluding carboxylic acids is 1. The molecule has 0 bridgehead atoms. The molecule has 0 spiro atoms. The second-order valence-electron chi connectivity index (χ2n) is 5.12. The first kappa shape index (κ1) is 16.1. The van der Waals surface area contributed by atoms with Gasteiger partial charge in [0.2, 0.25) is 5.91 Å². The molecular formula is C15H15ClN6O2. The Morgan fingerprint density at radius 3 is 2.88 bits per heavy atom. The van der Waals surface area contributed by atoms with Gasteiger partial charge < -0.3 is 5.32 Å². The molecule has 0 atom stereocenters. The van der Waals surface area contributed by atoms with E-state index < -0.39 is 5.56 Å². The molecule has 0 unspecified atom stereocenters. The monoisotopic (exact) mass is 346 g/mol. The summed E-state index contributed by atoms with van der Waals surface area (Å²) >= 11 is 6.04. The smallest absolute Gasteiger partial charge is 0.283 e. The predicted octanol–water partition coefficient (Wildman–Crippen LogP) is 0.978. The molecule has 1 N–H and O–H groups in total. The topological polar surface area (TPSA) is 94.7 Å². The Morgan fingerprint density at radius 2 is 2.12 bits per heavy atom. The fourth-order valence-electron chi connectivity index (χ4n) is 2.26. The van der Waals surface area contributed by atoms with E-state index in [-0.39, 0.29) is 24.5 Å². The van der Waals surface area contributed by atoms with Crippen LogP contribution in [0.25, 0.3) is 11.2 Å². The number of hydrogen-bond acceptors (Lipinski definition) is 5. The van der Waals surface area contributed by atoms with Gasteiger partial charge in [-0.1, -0.05) is 35.0 Å². The van der Waals surface area contributed by atoms with E-state index in [1.54, 1.807) is 6.07 Å². The summed E-state index contributed by atoms with van der Waals surface area (Å²) in [5, 5.41) is 11.0. The number of hydrogen-bond donors (Lipinski definition) is 1. The van der Waals surface area contributed by atoms with Gasteiger partial charge in [-0.05, 0) is 18.6 Å². The molecule has 8 nitrogen and oxygen atoms in total. The summed E-state index contributed by atoms with van der Waals surface area (Å²) in [5.74, 6) is -0.318. The summed E-state index contributed by atoms with van der Waals surface area (Å²) in [4.78, 5) is 28.5. The van der Waals surface area contributed by atoms with Gasteiger partial charge in [0.1, 0.15) is 12.9 Å². The van der Waals surface area contributed by atoms with Crippen LogP contribution in [0.4, 0.5) is 0 Å². The van der Waals surface area contributed by atoms with E-state index in [0.717, 1.165) is 5.56 Å². The summed E-state index contributed by atoms with van der Waals surface area (Å²) in [6.07, 6.45) is 1.33. The summed E-state index contributed by atoms with van der Waals surface area (Å²) in [6, 6.07) is 7.23. The minimum absolute atomic E-state index is 0.148. The Bertz CT molecular complexity index is 949. The molecule has 0 fully saturated rings. The lowest BCUT2D eigenvalue weighted by Crippen LogP contribution is -2.32. The van der Waals surface area contributed by atoms with Gasteiger partial charge in [0, 0.05) is 18.1 Å². The Labute approximate surface area is 142 Å². The van der Waals surface area contributed by atoms with Gasteiger partial charge in [-0.3, -0.25) is 14.2 Å². The van der Waals surface area contributed by atoms with Crippen molar-refractivity contribution in [2.45, 2.75) is 26.6 Å². The van der Waals surface area contributed by atoms with Crippen LogP contribution in [0.1, 0.15) is 12.5 Å². The zero-order valence-corrected chi connectivity index (χ0v) is 13.7. The minimum Gasteiger partial charge on any atom is -0.350 e. The zero-order chi connectivity index (χ0) is 17.1. The number of nitrogens with zero attached hydrogens (tertiary/aromatic N) is 5. The number of fused-ring (bicyclic) bond motifs is 1. The number of nitrogens with one attached hydrogen (secondary N) is 1. The molecule has 0 radical (unpaired) electrons. The Balaban J connectivity index is 1.73. The SMILES string of the molecule is CCn1nnc2c(=O)n(CC(=O)NCc3ccccc3Cl)cnc21. The molecule has 9 heteroatoms. The maximum Gasteiger partial charge on any atom is 0.283 e. The number of halogens is 1. The van der Waals surface area contributed by atoms with Gasteiger partial charge in [0.25, 0.3) is 5.56 Å². The standard InChI is InChI=1S/C15H15ClN6O2/c1-2-22-14-13(19-20-22)15(24)21(9-18-14)8-12(23)17-7-10-5-3-4-6-11(10)16/h3-6,9H,2,7-8H2,1H3,(H,17,23). The van der Waals surface area contributed by atoms with Crippen LogP contribution < -0.4 is 10.9 Å². The average Bonchev–Trinajstić information content (AvgIpc) is 3.00. The molecule has 0 aliphatic rings. The molecule has 24 heavy (non-hydrogen) atoms. The lowest BCUT2D eigenvalue weighted by atomic mass is 10.2. The van der Waals surface area contributed by atoms with Gasteiger partial charge in [0.15, 0.2) is 11.2 Å². The minimum atomic E-state index is -0.396. The second-order valence-corrected chi connectivity index (χ2v) is 5.53. The van der Waals surface area contributed by atoms with Crippen molar-refractivity contribution >= 4 is 28.7 Å². The number of aromatic nitrogens is 5. The van der Waals surface area contributed by atoms with Gasteiger partial charge in [-0.25, -0.2) is 9.67 Å².